The van der Waals surface area contributed by atoms with Gasteiger partial charge >= 0.3 is 6.03 Å². The molecule has 7 heteroatoms. The number of nitrogens with one attached hydrogen (secondary N) is 2. The van der Waals surface area contributed by atoms with Crippen LogP contribution in [0.5, 0.6) is 5.75 Å². The third-order valence-corrected chi connectivity index (χ3v) is 3.22. The van der Waals surface area contributed by atoms with E-state index in [9.17, 15) is 13.6 Å². The molecule has 0 saturated heterocycles. The third-order valence-electron chi connectivity index (χ3n) is 2.61. The Hall–Kier alpha value is -2.15. The molecule has 2 aromatic rings. The number of benzene rings is 2. The van der Waals surface area contributed by atoms with E-state index in [0.29, 0.717) is 11.4 Å². The van der Waals surface area contributed by atoms with Crippen molar-refractivity contribution in [3.8, 4) is 5.75 Å². The molecule has 0 bridgehead atoms. The molecule has 0 fully saturated rings. The number of para-hydroxylation sites is 2. The van der Waals surface area contributed by atoms with Gasteiger partial charge in [0.2, 0.25) is 0 Å². The monoisotopic (exact) mass is 356 g/mol. The van der Waals surface area contributed by atoms with Crippen LogP contribution in [0.1, 0.15) is 0 Å². The summed E-state index contributed by atoms with van der Waals surface area (Å²) in [6.45, 7) is 0. The van der Waals surface area contributed by atoms with Crippen LogP contribution in [0, 0.1) is 11.6 Å². The number of methoxy groups -OCH3 is 1. The molecule has 21 heavy (non-hydrogen) atoms. The highest BCUT2D eigenvalue weighted by molar-refractivity contribution is 9.10. The molecule has 0 atom stereocenters. The highest BCUT2D eigenvalue weighted by atomic mass is 79.9. The number of carbonyl (C=O) groups excluding carboxylic acids is 1. The zero-order valence-corrected chi connectivity index (χ0v) is 12.5. The van der Waals surface area contributed by atoms with Gasteiger partial charge in [-0.15, -0.1) is 0 Å². The summed E-state index contributed by atoms with van der Waals surface area (Å²) >= 11 is 2.86. The molecule has 0 aliphatic rings. The van der Waals surface area contributed by atoms with E-state index in [1.54, 1.807) is 24.3 Å². The summed E-state index contributed by atoms with van der Waals surface area (Å²) in [5, 5.41) is 4.73. The second kappa shape index (κ2) is 6.53. The Morgan fingerprint density at radius 3 is 2.48 bits per heavy atom. The predicted molar refractivity (Wildman–Crippen MR) is 79.7 cm³/mol. The molecule has 0 heterocycles. The lowest BCUT2D eigenvalue weighted by Gasteiger charge is -2.11. The van der Waals surface area contributed by atoms with Crippen molar-refractivity contribution < 1.29 is 18.3 Å². The number of urea groups is 1. The van der Waals surface area contributed by atoms with Crippen molar-refractivity contribution >= 4 is 33.3 Å². The first kappa shape index (κ1) is 15.2. The van der Waals surface area contributed by atoms with E-state index in [2.05, 4.69) is 26.6 Å². The number of rotatable bonds is 3. The Balaban J connectivity index is 2.14. The molecule has 0 spiro atoms. The molecule has 0 aliphatic carbocycles. The summed E-state index contributed by atoms with van der Waals surface area (Å²) in [5.41, 5.74) is 0.151. The van der Waals surface area contributed by atoms with E-state index in [-0.39, 0.29) is 10.2 Å². The van der Waals surface area contributed by atoms with Crippen LogP contribution in [0.4, 0.5) is 25.0 Å². The van der Waals surface area contributed by atoms with Crippen molar-refractivity contribution in [1.82, 2.24) is 0 Å². The number of carbonyl (C=O) groups is 1. The van der Waals surface area contributed by atoms with Crippen molar-refractivity contribution in [3.05, 3.63) is 52.5 Å². The number of halogens is 3. The fourth-order valence-electron chi connectivity index (χ4n) is 1.64. The predicted octanol–water partition coefficient (Wildman–Crippen LogP) is 4.38. The maximum absolute atomic E-state index is 13.6. The summed E-state index contributed by atoms with van der Waals surface area (Å²) < 4.78 is 32.0. The van der Waals surface area contributed by atoms with Gasteiger partial charge in [0.15, 0.2) is 0 Å². The molecule has 4 nitrogen and oxygen atoms in total. The molecule has 2 aromatic carbocycles. The second-order valence-electron chi connectivity index (χ2n) is 4.03. The summed E-state index contributed by atoms with van der Waals surface area (Å²) in [4.78, 5) is 11.8. The standard InChI is InChI=1S/C14H11BrF2N2O2/c1-21-13-5-3-2-4-11(13)18-14(20)19-12-7-9(16)8(15)6-10(12)17/h2-7H,1H3,(H2,18,19,20). The van der Waals surface area contributed by atoms with Crippen molar-refractivity contribution in [3.63, 3.8) is 0 Å². The van der Waals surface area contributed by atoms with Gasteiger partial charge in [-0.25, -0.2) is 13.6 Å². The average molecular weight is 357 g/mol. The van der Waals surface area contributed by atoms with Gasteiger partial charge in [0.05, 0.1) is 23.0 Å². The summed E-state index contributed by atoms with van der Waals surface area (Å²) in [5.74, 6) is -0.974. The van der Waals surface area contributed by atoms with E-state index in [1.165, 1.54) is 7.11 Å². The third kappa shape index (κ3) is 3.69. The molecule has 0 radical (unpaired) electrons. The molecule has 0 unspecified atom stereocenters. The van der Waals surface area contributed by atoms with Crippen LogP contribution in [0.25, 0.3) is 0 Å². The van der Waals surface area contributed by atoms with Gasteiger partial charge in [-0.3, -0.25) is 0 Å². The van der Waals surface area contributed by atoms with Crippen molar-refractivity contribution in [2.45, 2.75) is 0 Å². The average Bonchev–Trinajstić information content (AvgIpc) is 2.45. The number of anilines is 2. The number of hydrogen-bond donors (Lipinski definition) is 2. The first-order valence-corrected chi connectivity index (χ1v) is 6.66. The lowest BCUT2D eigenvalue weighted by molar-refractivity contribution is 0.262. The normalized spacial score (nSPS) is 10.1. The van der Waals surface area contributed by atoms with E-state index in [0.717, 1.165) is 12.1 Å². The summed E-state index contributed by atoms with van der Waals surface area (Å²) in [6, 6.07) is 7.85. The van der Waals surface area contributed by atoms with E-state index in [1.807, 2.05) is 0 Å². The van der Waals surface area contributed by atoms with Crippen molar-refractivity contribution in [2.24, 2.45) is 0 Å². The molecule has 2 rings (SSSR count). The van der Waals surface area contributed by atoms with Crippen LogP contribution in [0.15, 0.2) is 40.9 Å². The zero-order chi connectivity index (χ0) is 15.4. The Kier molecular flexibility index (Phi) is 4.74. The number of amides is 2. The molecular formula is C14H11BrF2N2O2. The molecule has 0 saturated carbocycles. The van der Waals surface area contributed by atoms with Gasteiger partial charge in [-0.2, -0.15) is 0 Å². The summed E-state index contributed by atoms with van der Waals surface area (Å²) in [6.07, 6.45) is 0. The molecule has 2 amide bonds. The second-order valence-corrected chi connectivity index (χ2v) is 4.88. The minimum Gasteiger partial charge on any atom is -0.495 e. The first-order chi connectivity index (χ1) is 10.0. The maximum Gasteiger partial charge on any atom is 0.323 e. The van der Waals surface area contributed by atoms with Crippen molar-refractivity contribution in [2.75, 3.05) is 17.7 Å². The molecular weight excluding hydrogens is 346 g/mol. The Bertz CT molecular complexity index is 680. The van der Waals surface area contributed by atoms with Crippen LogP contribution >= 0.6 is 15.9 Å². The zero-order valence-electron chi connectivity index (χ0n) is 10.9. The van der Waals surface area contributed by atoms with Crippen LogP contribution in [-0.4, -0.2) is 13.1 Å². The van der Waals surface area contributed by atoms with Crippen LogP contribution in [0.3, 0.4) is 0 Å². The quantitative estimate of drug-likeness (QED) is 0.801. The highest BCUT2D eigenvalue weighted by Gasteiger charge is 2.12. The topological polar surface area (TPSA) is 50.4 Å². The van der Waals surface area contributed by atoms with E-state index < -0.39 is 17.7 Å². The fourth-order valence-corrected chi connectivity index (χ4v) is 1.96. The Morgan fingerprint density at radius 1 is 1.10 bits per heavy atom. The maximum atomic E-state index is 13.6. The van der Waals surface area contributed by atoms with E-state index in [4.69, 9.17) is 4.74 Å². The molecule has 0 aliphatic heterocycles. The van der Waals surface area contributed by atoms with Crippen LogP contribution < -0.4 is 15.4 Å². The lowest BCUT2D eigenvalue weighted by Crippen LogP contribution is -2.20. The van der Waals surface area contributed by atoms with Gasteiger partial charge in [0, 0.05) is 6.07 Å². The van der Waals surface area contributed by atoms with Gasteiger partial charge in [0.25, 0.3) is 0 Å². The van der Waals surface area contributed by atoms with Gasteiger partial charge in [0.1, 0.15) is 17.4 Å². The lowest BCUT2D eigenvalue weighted by atomic mass is 10.3. The van der Waals surface area contributed by atoms with Crippen LogP contribution in [-0.2, 0) is 0 Å². The Morgan fingerprint density at radius 2 is 1.76 bits per heavy atom. The van der Waals surface area contributed by atoms with Gasteiger partial charge in [-0.1, -0.05) is 12.1 Å². The van der Waals surface area contributed by atoms with Gasteiger partial charge in [-0.05, 0) is 34.1 Å². The molecule has 0 aromatic heterocycles. The minimum atomic E-state index is -0.751. The number of ether oxygens (including phenoxy) is 1. The SMILES string of the molecule is COc1ccccc1NC(=O)Nc1cc(F)c(Br)cc1F. The smallest absolute Gasteiger partial charge is 0.323 e. The highest BCUT2D eigenvalue weighted by Crippen LogP contribution is 2.25. The largest absolute Gasteiger partial charge is 0.495 e. The Labute approximate surface area is 128 Å². The first-order valence-electron chi connectivity index (χ1n) is 5.87. The van der Waals surface area contributed by atoms with Gasteiger partial charge < -0.3 is 15.4 Å². The van der Waals surface area contributed by atoms with Crippen molar-refractivity contribution in [1.29, 1.82) is 0 Å². The van der Waals surface area contributed by atoms with Crippen LogP contribution in [0.2, 0.25) is 0 Å². The minimum absolute atomic E-state index is 0.0179. The summed E-state index contributed by atoms with van der Waals surface area (Å²) in [7, 11) is 1.46. The molecule has 2 N–H and O–H groups in total. The molecule has 110 valence electrons. The van der Waals surface area contributed by atoms with E-state index >= 15 is 0 Å². The fraction of sp³-hybridized carbons (Fsp3) is 0.0714. The number of hydrogen-bond acceptors (Lipinski definition) is 2.